The van der Waals surface area contributed by atoms with E-state index in [0.717, 1.165) is 9.87 Å². The Morgan fingerprint density at radius 3 is 2.03 bits per heavy atom. The third-order valence-corrected chi connectivity index (χ3v) is 7.66. The summed E-state index contributed by atoms with van der Waals surface area (Å²) in [4.78, 5) is 27.9. The Balaban J connectivity index is 2.00. The molecule has 0 saturated carbocycles. The van der Waals surface area contributed by atoms with Gasteiger partial charge in [-0.25, -0.2) is 8.42 Å². The third-order valence-electron chi connectivity index (χ3n) is 5.87. The van der Waals surface area contributed by atoms with Gasteiger partial charge in [0.05, 0.1) is 17.2 Å². The summed E-state index contributed by atoms with van der Waals surface area (Å²) in [6, 6.07) is 23.1. The molecule has 1 unspecified atom stereocenters. The quantitative estimate of drug-likeness (QED) is 0.389. The van der Waals surface area contributed by atoms with Crippen molar-refractivity contribution in [3.8, 4) is 5.75 Å². The summed E-state index contributed by atoms with van der Waals surface area (Å²) in [7, 11) is -2.60. The molecule has 0 heterocycles. The molecule has 8 nitrogen and oxygen atoms in total. The Morgan fingerprint density at radius 2 is 1.49 bits per heavy atom. The molecule has 0 saturated heterocycles. The molecule has 37 heavy (non-hydrogen) atoms. The predicted molar refractivity (Wildman–Crippen MR) is 144 cm³/mol. The number of nitrogens with one attached hydrogen (secondary N) is 1. The minimum Gasteiger partial charge on any atom is -0.494 e. The molecule has 196 valence electrons. The van der Waals surface area contributed by atoms with E-state index < -0.39 is 28.5 Å². The number of hydrogen-bond donors (Lipinski definition) is 1. The van der Waals surface area contributed by atoms with Crippen molar-refractivity contribution in [3.63, 3.8) is 0 Å². The minimum atomic E-state index is -4.12. The molecule has 0 radical (unpaired) electrons. The maximum Gasteiger partial charge on any atom is 0.264 e. The highest BCUT2D eigenvalue weighted by molar-refractivity contribution is 7.92. The normalized spacial score (nSPS) is 11.9. The van der Waals surface area contributed by atoms with Crippen LogP contribution in [-0.4, -0.2) is 51.4 Å². The van der Waals surface area contributed by atoms with Gasteiger partial charge >= 0.3 is 0 Å². The summed E-state index contributed by atoms with van der Waals surface area (Å²) in [5.74, 6) is -0.251. The Hall–Kier alpha value is -3.85. The van der Waals surface area contributed by atoms with Crippen molar-refractivity contribution < 1.29 is 22.7 Å². The van der Waals surface area contributed by atoms with Crippen molar-refractivity contribution in [2.75, 3.05) is 24.5 Å². The lowest BCUT2D eigenvalue weighted by Gasteiger charge is -2.33. The van der Waals surface area contributed by atoms with Crippen molar-refractivity contribution >= 4 is 27.5 Å². The fourth-order valence-electron chi connectivity index (χ4n) is 3.99. The molecule has 9 heteroatoms. The van der Waals surface area contributed by atoms with Gasteiger partial charge < -0.3 is 15.0 Å². The monoisotopic (exact) mass is 523 g/mol. The lowest BCUT2D eigenvalue weighted by Crippen LogP contribution is -2.51. The second-order valence-electron chi connectivity index (χ2n) is 8.30. The second-order valence-corrected chi connectivity index (χ2v) is 10.2. The van der Waals surface area contributed by atoms with Crippen LogP contribution in [0.15, 0.2) is 89.8 Å². The zero-order chi connectivity index (χ0) is 26.8. The highest BCUT2D eigenvalue weighted by Gasteiger charge is 2.33. The van der Waals surface area contributed by atoms with Crippen LogP contribution in [-0.2, 0) is 26.2 Å². The molecule has 3 aromatic rings. The number of sulfonamides is 1. The summed E-state index contributed by atoms with van der Waals surface area (Å²) in [5.41, 5.74) is 1.18. The predicted octanol–water partition coefficient (Wildman–Crippen LogP) is 3.83. The fourth-order valence-corrected chi connectivity index (χ4v) is 5.41. The number of nitrogens with zero attached hydrogens (tertiary/aromatic N) is 2. The van der Waals surface area contributed by atoms with Gasteiger partial charge in [-0.05, 0) is 55.3 Å². The molecule has 1 atom stereocenters. The van der Waals surface area contributed by atoms with E-state index in [9.17, 15) is 18.0 Å². The first kappa shape index (κ1) is 27.7. The van der Waals surface area contributed by atoms with Crippen LogP contribution in [0.2, 0.25) is 0 Å². The van der Waals surface area contributed by atoms with Crippen molar-refractivity contribution in [1.29, 1.82) is 0 Å². The molecule has 3 aromatic carbocycles. The van der Waals surface area contributed by atoms with Crippen LogP contribution in [0.3, 0.4) is 0 Å². The van der Waals surface area contributed by atoms with E-state index in [0.29, 0.717) is 24.5 Å². The summed E-state index contributed by atoms with van der Waals surface area (Å²) in [5, 5.41) is 2.62. The summed E-state index contributed by atoms with van der Waals surface area (Å²) in [6.07, 6.45) is 0.370. The van der Waals surface area contributed by atoms with E-state index in [-0.39, 0.29) is 17.3 Å². The molecule has 0 aromatic heterocycles. The molecule has 0 aliphatic carbocycles. The summed E-state index contributed by atoms with van der Waals surface area (Å²) in [6.45, 7) is 3.81. The third kappa shape index (κ3) is 6.89. The number of hydrogen-bond acceptors (Lipinski definition) is 5. The molecule has 0 aliphatic rings. The van der Waals surface area contributed by atoms with Crippen LogP contribution in [0.5, 0.6) is 5.75 Å². The molecule has 0 aliphatic heterocycles. The van der Waals surface area contributed by atoms with Gasteiger partial charge in [0, 0.05) is 13.6 Å². The Morgan fingerprint density at radius 1 is 0.892 bits per heavy atom. The number of benzene rings is 3. The number of carbonyl (C=O) groups excluding carboxylic acids is 2. The smallest absolute Gasteiger partial charge is 0.264 e. The molecule has 1 N–H and O–H groups in total. The molecular formula is C28H33N3O5S. The molecular weight excluding hydrogens is 490 g/mol. The fraction of sp³-hybridized carbons (Fsp3) is 0.286. The maximum atomic E-state index is 13.8. The van der Waals surface area contributed by atoms with Gasteiger partial charge in [-0.2, -0.15) is 0 Å². The van der Waals surface area contributed by atoms with Crippen LogP contribution in [0.4, 0.5) is 5.69 Å². The van der Waals surface area contributed by atoms with E-state index in [1.54, 1.807) is 42.5 Å². The highest BCUT2D eigenvalue weighted by atomic mass is 32.2. The summed E-state index contributed by atoms with van der Waals surface area (Å²) < 4.78 is 34.1. The molecule has 0 fully saturated rings. The first-order valence-corrected chi connectivity index (χ1v) is 13.6. The molecule has 2 amide bonds. The van der Waals surface area contributed by atoms with E-state index >= 15 is 0 Å². The van der Waals surface area contributed by atoms with E-state index in [4.69, 9.17) is 4.74 Å². The van der Waals surface area contributed by atoms with Crippen LogP contribution < -0.4 is 14.4 Å². The van der Waals surface area contributed by atoms with Gasteiger partial charge in [0.15, 0.2) is 0 Å². The lowest BCUT2D eigenvalue weighted by molar-refractivity contribution is -0.140. The Labute approximate surface area is 218 Å². The first-order chi connectivity index (χ1) is 17.8. The molecule has 0 spiro atoms. The topological polar surface area (TPSA) is 96.0 Å². The van der Waals surface area contributed by atoms with Gasteiger partial charge in [-0.1, -0.05) is 55.5 Å². The van der Waals surface area contributed by atoms with Crippen molar-refractivity contribution in [2.45, 2.75) is 37.8 Å². The molecule has 0 bridgehead atoms. The number of amides is 2. The number of para-hydroxylation sites is 1. The first-order valence-electron chi connectivity index (χ1n) is 12.2. The van der Waals surface area contributed by atoms with Crippen molar-refractivity contribution in [2.24, 2.45) is 0 Å². The number of carbonyl (C=O) groups is 2. The Bertz CT molecular complexity index is 1270. The van der Waals surface area contributed by atoms with Crippen molar-refractivity contribution in [3.05, 3.63) is 90.5 Å². The minimum absolute atomic E-state index is 0.0283. The average molecular weight is 524 g/mol. The Kier molecular flexibility index (Phi) is 9.68. The van der Waals surface area contributed by atoms with Gasteiger partial charge in [0.1, 0.15) is 18.3 Å². The SMILES string of the molecule is CCOc1ccc(S(=O)(=O)N(CC(=O)N(Cc2ccccc2)C(CC)C(=O)NC)c2ccccc2)cc1. The lowest BCUT2D eigenvalue weighted by atomic mass is 10.1. The van der Waals surface area contributed by atoms with Crippen LogP contribution >= 0.6 is 0 Å². The van der Waals surface area contributed by atoms with Crippen LogP contribution in [0.25, 0.3) is 0 Å². The standard InChI is InChI=1S/C28H33N3O5S/c1-4-26(28(33)29-3)30(20-22-12-8-6-9-13-22)27(32)21-31(23-14-10-7-11-15-23)37(34,35)25-18-16-24(17-19-25)36-5-2/h6-19,26H,4-5,20-21H2,1-3H3,(H,29,33). The summed E-state index contributed by atoms with van der Waals surface area (Å²) >= 11 is 0. The number of likely N-dealkylation sites (N-methyl/N-ethyl adjacent to an activating group) is 1. The zero-order valence-electron chi connectivity index (χ0n) is 21.3. The van der Waals surface area contributed by atoms with Gasteiger partial charge in [-0.3, -0.25) is 13.9 Å². The highest BCUT2D eigenvalue weighted by Crippen LogP contribution is 2.26. The second kappa shape index (κ2) is 12.9. The van der Waals surface area contributed by atoms with Gasteiger partial charge in [-0.15, -0.1) is 0 Å². The van der Waals surface area contributed by atoms with Crippen LogP contribution in [0.1, 0.15) is 25.8 Å². The van der Waals surface area contributed by atoms with Gasteiger partial charge in [0.2, 0.25) is 11.8 Å². The largest absolute Gasteiger partial charge is 0.494 e. The van der Waals surface area contributed by atoms with Crippen LogP contribution in [0, 0.1) is 0 Å². The average Bonchev–Trinajstić information content (AvgIpc) is 2.92. The zero-order valence-corrected chi connectivity index (χ0v) is 22.1. The van der Waals surface area contributed by atoms with Crippen molar-refractivity contribution in [1.82, 2.24) is 10.2 Å². The van der Waals surface area contributed by atoms with Gasteiger partial charge in [0.25, 0.3) is 10.0 Å². The maximum absolute atomic E-state index is 13.8. The number of anilines is 1. The van der Waals surface area contributed by atoms with E-state index in [1.807, 2.05) is 44.2 Å². The van der Waals surface area contributed by atoms with E-state index in [2.05, 4.69) is 5.32 Å². The number of ether oxygens (including phenoxy) is 1. The number of rotatable bonds is 12. The molecule has 3 rings (SSSR count). The van der Waals surface area contributed by atoms with E-state index in [1.165, 1.54) is 24.1 Å².